The van der Waals surface area contributed by atoms with Crippen molar-refractivity contribution in [3.05, 3.63) is 17.5 Å². The van der Waals surface area contributed by atoms with Crippen molar-refractivity contribution >= 4 is 15.7 Å². The molecule has 2 rings (SSSR count). The van der Waals surface area contributed by atoms with E-state index in [-0.39, 0.29) is 17.6 Å². The van der Waals surface area contributed by atoms with Gasteiger partial charge in [0.05, 0.1) is 5.69 Å². The molecule has 0 aliphatic heterocycles. The lowest BCUT2D eigenvalue weighted by molar-refractivity contribution is -0.120. The third-order valence-corrected chi connectivity index (χ3v) is 4.83. The fourth-order valence-corrected chi connectivity index (χ4v) is 2.69. The second kappa shape index (κ2) is 4.72. The Morgan fingerprint density at radius 3 is 2.78 bits per heavy atom. The molecule has 1 aliphatic carbocycles. The number of nitrogens with one attached hydrogen (secondary N) is 1. The number of nitrogens with zero attached hydrogens (tertiary/aromatic N) is 1. The molecule has 100 valence electrons. The monoisotopic (exact) mass is 272 g/mol. The topological polar surface area (TPSA) is 89.3 Å². The standard InChI is InChI=1S/C11H16N2O4S/c1-7-5-10(17-13-7)6-18(15,16)8(2)11(14)12-9-3-4-9/h5,8-9H,3-4,6H2,1-2H3,(H,12,14). The summed E-state index contributed by atoms with van der Waals surface area (Å²) in [5.74, 6) is -0.472. The largest absolute Gasteiger partial charge is 0.360 e. The Hall–Kier alpha value is -1.37. The van der Waals surface area contributed by atoms with Gasteiger partial charge in [-0.15, -0.1) is 0 Å². The van der Waals surface area contributed by atoms with Gasteiger partial charge < -0.3 is 9.84 Å². The highest BCUT2D eigenvalue weighted by molar-refractivity contribution is 7.92. The Bertz CT molecular complexity index is 545. The summed E-state index contributed by atoms with van der Waals surface area (Å²) in [6, 6.07) is 1.71. The number of aromatic nitrogens is 1. The summed E-state index contributed by atoms with van der Waals surface area (Å²) in [7, 11) is -3.56. The number of rotatable bonds is 5. The van der Waals surface area contributed by atoms with Crippen molar-refractivity contribution in [2.45, 2.75) is 43.7 Å². The molecule has 0 saturated heterocycles. The van der Waals surface area contributed by atoms with Crippen molar-refractivity contribution < 1.29 is 17.7 Å². The molecule has 1 amide bonds. The highest BCUT2D eigenvalue weighted by Crippen LogP contribution is 2.20. The normalized spacial score (nSPS) is 17.4. The van der Waals surface area contributed by atoms with Crippen LogP contribution in [0.15, 0.2) is 10.6 Å². The van der Waals surface area contributed by atoms with Crippen molar-refractivity contribution in [3.8, 4) is 0 Å². The van der Waals surface area contributed by atoms with Crippen molar-refractivity contribution in [3.63, 3.8) is 0 Å². The molecule has 1 fully saturated rings. The third kappa shape index (κ3) is 3.10. The van der Waals surface area contributed by atoms with E-state index in [4.69, 9.17) is 4.52 Å². The van der Waals surface area contributed by atoms with E-state index < -0.39 is 21.0 Å². The van der Waals surface area contributed by atoms with E-state index in [0.717, 1.165) is 12.8 Å². The Morgan fingerprint density at radius 2 is 2.28 bits per heavy atom. The zero-order valence-corrected chi connectivity index (χ0v) is 11.2. The molecule has 1 aromatic heterocycles. The van der Waals surface area contributed by atoms with E-state index in [1.54, 1.807) is 13.0 Å². The molecule has 0 bridgehead atoms. The number of carbonyl (C=O) groups excluding carboxylic acids is 1. The molecule has 0 radical (unpaired) electrons. The zero-order chi connectivity index (χ0) is 13.3. The summed E-state index contributed by atoms with van der Waals surface area (Å²) in [4.78, 5) is 11.7. The number of hydrogen-bond donors (Lipinski definition) is 1. The summed E-state index contributed by atoms with van der Waals surface area (Å²) in [6.45, 7) is 3.11. The first-order valence-corrected chi connectivity index (χ1v) is 7.54. The number of aryl methyl sites for hydroxylation is 1. The Labute approximate surface area is 106 Å². The van der Waals surface area contributed by atoms with Gasteiger partial charge in [-0.2, -0.15) is 0 Å². The highest BCUT2D eigenvalue weighted by Gasteiger charge is 2.33. The minimum atomic E-state index is -3.56. The minimum Gasteiger partial charge on any atom is -0.360 e. The first kappa shape index (κ1) is 13.1. The van der Waals surface area contributed by atoms with Crippen molar-refractivity contribution in [1.29, 1.82) is 0 Å². The van der Waals surface area contributed by atoms with Gasteiger partial charge in [0.2, 0.25) is 5.91 Å². The van der Waals surface area contributed by atoms with Crippen LogP contribution in [-0.2, 0) is 20.4 Å². The fraction of sp³-hybridized carbons (Fsp3) is 0.636. The Morgan fingerprint density at radius 1 is 1.61 bits per heavy atom. The van der Waals surface area contributed by atoms with Crippen LogP contribution in [0.25, 0.3) is 0 Å². The second-order valence-electron chi connectivity index (χ2n) is 4.67. The van der Waals surface area contributed by atoms with Crippen LogP contribution in [0, 0.1) is 6.92 Å². The average Bonchev–Trinajstić information content (AvgIpc) is 3.00. The maximum atomic E-state index is 12.0. The summed E-state index contributed by atoms with van der Waals surface area (Å²) < 4.78 is 28.9. The molecule has 1 unspecified atom stereocenters. The van der Waals surface area contributed by atoms with Crippen LogP contribution < -0.4 is 5.32 Å². The van der Waals surface area contributed by atoms with Gasteiger partial charge in [0, 0.05) is 12.1 Å². The van der Waals surface area contributed by atoms with Crippen LogP contribution in [-0.4, -0.2) is 30.8 Å². The maximum absolute atomic E-state index is 12.0. The van der Waals surface area contributed by atoms with E-state index in [0.29, 0.717) is 5.69 Å². The van der Waals surface area contributed by atoms with Gasteiger partial charge >= 0.3 is 0 Å². The van der Waals surface area contributed by atoms with Crippen LogP contribution in [0.1, 0.15) is 31.2 Å². The molecule has 18 heavy (non-hydrogen) atoms. The van der Waals surface area contributed by atoms with Crippen LogP contribution in [0.3, 0.4) is 0 Å². The minimum absolute atomic E-state index is 0.155. The molecule has 1 saturated carbocycles. The van der Waals surface area contributed by atoms with Gasteiger partial charge in [0.1, 0.15) is 11.0 Å². The van der Waals surface area contributed by atoms with Gasteiger partial charge in [-0.05, 0) is 26.7 Å². The van der Waals surface area contributed by atoms with Crippen LogP contribution in [0.2, 0.25) is 0 Å². The van der Waals surface area contributed by atoms with Crippen molar-refractivity contribution in [1.82, 2.24) is 10.5 Å². The molecule has 1 N–H and O–H groups in total. The molecular weight excluding hydrogens is 256 g/mol. The van der Waals surface area contributed by atoms with Crippen molar-refractivity contribution in [2.24, 2.45) is 0 Å². The molecule has 1 heterocycles. The number of carbonyl (C=O) groups is 1. The number of sulfone groups is 1. The lowest BCUT2D eigenvalue weighted by Gasteiger charge is -2.11. The molecular formula is C11H16N2O4S. The predicted octanol–water partition coefficient (Wildman–Crippen LogP) is 0.565. The molecule has 1 atom stereocenters. The summed E-state index contributed by atoms with van der Waals surface area (Å²) >= 11 is 0. The van der Waals surface area contributed by atoms with Crippen LogP contribution in [0.5, 0.6) is 0 Å². The molecule has 6 nitrogen and oxygen atoms in total. The predicted molar refractivity (Wildman–Crippen MR) is 64.5 cm³/mol. The molecule has 1 aliphatic rings. The van der Waals surface area contributed by atoms with Gasteiger partial charge in [0.15, 0.2) is 15.6 Å². The Balaban J connectivity index is 2.02. The van der Waals surface area contributed by atoms with Gasteiger partial charge in [-0.25, -0.2) is 8.42 Å². The lowest BCUT2D eigenvalue weighted by atomic mass is 10.4. The average molecular weight is 272 g/mol. The molecule has 7 heteroatoms. The van der Waals surface area contributed by atoms with E-state index in [1.165, 1.54) is 6.92 Å². The van der Waals surface area contributed by atoms with Gasteiger partial charge in [-0.1, -0.05) is 5.16 Å². The summed E-state index contributed by atoms with van der Waals surface area (Å²) in [5.41, 5.74) is 0.621. The van der Waals surface area contributed by atoms with E-state index >= 15 is 0 Å². The summed E-state index contributed by atoms with van der Waals surface area (Å²) in [5, 5.41) is 5.24. The molecule has 1 aromatic rings. The maximum Gasteiger partial charge on any atom is 0.238 e. The lowest BCUT2D eigenvalue weighted by Crippen LogP contribution is -2.39. The third-order valence-electron chi connectivity index (χ3n) is 2.85. The Kier molecular flexibility index (Phi) is 3.43. The summed E-state index contributed by atoms with van der Waals surface area (Å²) in [6.07, 6.45) is 1.86. The fourth-order valence-electron chi connectivity index (χ4n) is 1.52. The highest BCUT2D eigenvalue weighted by atomic mass is 32.2. The van der Waals surface area contributed by atoms with E-state index in [1.807, 2.05) is 0 Å². The van der Waals surface area contributed by atoms with Crippen LogP contribution >= 0.6 is 0 Å². The van der Waals surface area contributed by atoms with Gasteiger partial charge in [0.25, 0.3) is 0 Å². The quantitative estimate of drug-likeness (QED) is 0.846. The SMILES string of the molecule is Cc1cc(CS(=O)(=O)C(C)C(=O)NC2CC2)on1. The molecule has 0 spiro atoms. The van der Waals surface area contributed by atoms with Crippen molar-refractivity contribution in [2.75, 3.05) is 0 Å². The second-order valence-corrected chi connectivity index (χ2v) is 6.99. The van der Waals surface area contributed by atoms with E-state index in [9.17, 15) is 13.2 Å². The van der Waals surface area contributed by atoms with Crippen LogP contribution in [0.4, 0.5) is 0 Å². The smallest absolute Gasteiger partial charge is 0.238 e. The first-order chi connectivity index (χ1) is 8.38. The number of amides is 1. The first-order valence-electron chi connectivity index (χ1n) is 5.82. The zero-order valence-electron chi connectivity index (χ0n) is 10.3. The number of hydrogen-bond acceptors (Lipinski definition) is 5. The molecule has 0 aromatic carbocycles. The van der Waals surface area contributed by atoms with Gasteiger partial charge in [-0.3, -0.25) is 4.79 Å². The van der Waals surface area contributed by atoms with E-state index in [2.05, 4.69) is 10.5 Å².